The van der Waals surface area contributed by atoms with Gasteiger partial charge in [0.25, 0.3) is 5.78 Å². The summed E-state index contributed by atoms with van der Waals surface area (Å²) in [6.45, 7) is 14.1. The Kier molecular flexibility index (Phi) is 4.20. The summed E-state index contributed by atoms with van der Waals surface area (Å²) in [4.78, 5) is 13.4. The summed E-state index contributed by atoms with van der Waals surface area (Å²) in [5.41, 5.74) is 3.18. The van der Waals surface area contributed by atoms with Gasteiger partial charge in [0, 0.05) is 42.9 Å². The van der Waals surface area contributed by atoms with Gasteiger partial charge in [-0.05, 0) is 26.0 Å². The van der Waals surface area contributed by atoms with Gasteiger partial charge >= 0.3 is 0 Å². The third-order valence-corrected chi connectivity index (χ3v) is 5.20. The van der Waals surface area contributed by atoms with Gasteiger partial charge in [-0.3, -0.25) is 0 Å². The predicted octanol–water partition coefficient (Wildman–Crippen LogP) is 2.16. The van der Waals surface area contributed by atoms with E-state index in [0.717, 1.165) is 54.8 Å². The topological polar surface area (TPSA) is 75.3 Å². The molecule has 0 aliphatic carbocycles. The number of hydrogen-bond acceptors (Lipinski definition) is 7. The van der Waals surface area contributed by atoms with Gasteiger partial charge in [-0.2, -0.15) is 19.7 Å². The number of nitrogens with zero attached hydrogens (tertiary/aromatic N) is 8. The van der Waals surface area contributed by atoms with Gasteiger partial charge in [-0.25, -0.2) is 4.98 Å². The summed E-state index contributed by atoms with van der Waals surface area (Å²) in [6, 6.07) is 4.17. The molecule has 3 aromatic heterocycles. The summed E-state index contributed by atoms with van der Waals surface area (Å²) >= 11 is 0. The van der Waals surface area contributed by atoms with Gasteiger partial charge in [-0.15, -0.1) is 5.10 Å². The Morgan fingerprint density at radius 3 is 2.26 bits per heavy atom. The Bertz CT molecular complexity index is 946. The number of aromatic nitrogens is 6. The molecule has 0 aromatic carbocycles. The van der Waals surface area contributed by atoms with E-state index < -0.39 is 0 Å². The number of rotatable bonds is 2. The highest BCUT2D eigenvalue weighted by Crippen LogP contribution is 2.25. The lowest BCUT2D eigenvalue weighted by Gasteiger charge is -2.37. The zero-order valence-corrected chi connectivity index (χ0v) is 16.6. The lowest BCUT2D eigenvalue weighted by molar-refractivity contribution is 0.555. The van der Waals surface area contributed by atoms with Crippen LogP contribution in [0.5, 0.6) is 0 Å². The molecule has 8 nitrogen and oxygen atoms in total. The molecule has 0 N–H and O–H groups in total. The molecule has 0 saturated carbocycles. The van der Waals surface area contributed by atoms with Crippen LogP contribution in [-0.4, -0.2) is 56.0 Å². The minimum absolute atomic E-state index is 0.0180. The van der Waals surface area contributed by atoms with Crippen molar-refractivity contribution in [2.75, 3.05) is 36.0 Å². The minimum Gasteiger partial charge on any atom is -0.353 e. The van der Waals surface area contributed by atoms with Crippen molar-refractivity contribution in [2.45, 2.75) is 40.0 Å². The molecule has 4 rings (SSSR count). The standard InChI is InChI=1S/C19H26N8/c1-13-14(2)22-18-20-12-21-27(18)17(13)26-10-8-25(9-11-26)16-7-6-15(23-24-16)19(3,4)5/h6-7,12H,8-11H2,1-5H3. The van der Waals surface area contributed by atoms with Gasteiger partial charge in [0.2, 0.25) is 0 Å². The molecular weight excluding hydrogens is 340 g/mol. The predicted molar refractivity (Wildman–Crippen MR) is 105 cm³/mol. The molecular formula is C19H26N8. The van der Waals surface area contributed by atoms with Crippen LogP contribution in [0.3, 0.4) is 0 Å². The first-order chi connectivity index (χ1) is 12.8. The van der Waals surface area contributed by atoms with Gasteiger partial charge in [0.1, 0.15) is 12.1 Å². The van der Waals surface area contributed by atoms with Gasteiger partial charge in [0.05, 0.1) is 5.69 Å². The van der Waals surface area contributed by atoms with Crippen molar-refractivity contribution < 1.29 is 0 Å². The summed E-state index contributed by atoms with van der Waals surface area (Å²) in [5.74, 6) is 2.68. The monoisotopic (exact) mass is 366 g/mol. The molecule has 4 heterocycles. The normalized spacial score (nSPS) is 15.6. The van der Waals surface area contributed by atoms with Crippen molar-refractivity contribution in [3.05, 3.63) is 35.4 Å². The number of aryl methyl sites for hydroxylation is 1. The second-order valence-electron chi connectivity index (χ2n) is 8.12. The molecule has 1 fully saturated rings. The number of anilines is 2. The summed E-state index contributed by atoms with van der Waals surface area (Å²) < 4.78 is 1.84. The van der Waals surface area contributed by atoms with Crippen molar-refractivity contribution in [1.82, 2.24) is 29.8 Å². The van der Waals surface area contributed by atoms with E-state index in [0.29, 0.717) is 5.78 Å². The third-order valence-electron chi connectivity index (χ3n) is 5.20. The number of fused-ring (bicyclic) bond motifs is 1. The fraction of sp³-hybridized carbons (Fsp3) is 0.526. The maximum Gasteiger partial charge on any atom is 0.254 e. The van der Waals surface area contributed by atoms with E-state index in [1.807, 2.05) is 11.4 Å². The van der Waals surface area contributed by atoms with Gasteiger partial charge in [0.15, 0.2) is 5.82 Å². The molecule has 3 aromatic rings. The van der Waals surface area contributed by atoms with E-state index in [2.05, 4.69) is 74.9 Å². The largest absolute Gasteiger partial charge is 0.353 e. The summed E-state index contributed by atoms with van der Waals surface area (Å²) in [5, 5.41) is 13.3. The Labute approximate surface area is 159 Å². The smallest absolute Gasteiger partial charge is 0.254 e. The van der Waals surface area contributed by atoms with Crippen molar-refractivity contribution >= 4 is 17.4 Å². The molecule has 1 aliphatic rings. The highest BCUT2D eigenvalue weighted by molar-refractivity contribution is 5.55. The Morgan fingerprint density at radius 1 is 0.926 bits per heavy atom. The average Bonchev–Trinajstić information content (AvgIpc) is 3.10. The third kappa shape index (κ3) is 3.20. The van der Waals surface area contributed by atoms with Crippen LogP contribution < -0.4 is 9.80 Å². The average molecular weight is 366 g/mol. The molecule has 0 amide bonds. The van der Waals surface area contributed by atoms with Gasteiger partial charge < -0.3 is 9.80 Å². The molecule has 0 atom stereocenters. The van der Waals surface area contributed by atoms with E-state index >= 15 is 0 Å². The van der Waals surface area contributed by atoms with Crippen molar-refractivity contribution in [3.63, 3.8) is 0 Å². The molecule has 0 spiro atoms. The van der Waals surface area contributed by atoms with Crippen molar-refractivity contribution in [1.29, 1.82) is 0 Å². The molecule has 1 aliphatic heterocycles. The first kappa shape index (κ1) is 17.6. The zero-order valence-electron chi connectivity index (χ0n) is 16.6. The number of piperazine rings is 1. The maximum atomic E-state index is 4.52. The van der Waals surface area contributed by atoms with Crippen LogP contribution >= 0.6 is 0 Å². The fourth-order valence-corrected chi connectivity index (χ4v) is 3.43. The Hall–Kier alpha value is -2.77. The fourth-order valence-electron chi connectivity index (χ4n) is 3.43. The summed E-state index contributed by atoms with van der Waals surface area (Å²) in [7, 11) is 0. The van der Waals surface area contributed by atoms with Crippen LogP contribution in [0.25, 0.3) is 5.78 Å². The van der Waals surface area contributed by atoms with Crippen LogP contribution in [0.1, 0.15) is 37.7 Å². The van der Waals surface area contributed by atoms with Crippen LogP contribution in [0.15, 0.2) is 18.5 Å². The van der Waals surface area contributed by atoms with E-state index in [4.69, 9.17) is 0 Å². The lowest BCUT2D eigenvalue weighted by Crippen LogP contribution is -2.47. The first-order valence-corrected chi connectivity index (χ1v) is 9.35. The zero-order chi connectivity index (χ0) is 19.2. The lowest BCUT2D eigenvalue weighted by atomic mass is 9.92. The van der Waals surface area contributed by atoms with E-state index in [1.165, 1.54) is 0 Å². The molecule has 0 bridgehead atoms. The maximum absolute atomic E-state index is 4.52. The second-order valence-corrected chi connectivity index (χ2v) is 8.12. The van der Waals surface area contributed by atoms with Crippen LogP contribution in [-0.2, 0) is 5.41 Å². The van der Waals surface area contributed by atoms with Crippen LogP contribution in [0.4, 0.5) is 11.6 Å². The first-order valence-electron chi connectivity index (χ1n) is 9.35. The minimum atomic E-state index is 0.0180. The van der Waals surface area contributed by atoms with E-state index in [-0.39, 0.29) is 5.41 Å². The molecule has 8 heteroatoms. The summed E-state index contributed by atoms with van der Waals surface area (Å²) in [6.07, 6.45) is 1.56. The van der Waals surface area contributed by atoms with E-state index in [9.17, 15) is 0 Å². The molecule has 27 heavy (non-hydrogen) atoms. The van der Waals surface area contributed by atoms with Crippen molar-refractivity contribution in [2.24, 2.45) is 0 Å². The Balaban J connectivity index is 1.53. The van der Waals surface area contributed by atoms with Crippen LogP contribution in [0, 0.1) is 13.8 Å². The highest BCUT2D eigenvalue weighted by atomic mass is 15.4. The molecule has 1 saturated heterocycles. The number of hydrogen-bond donors (Lipinski definition) is 0. The van der Waals surface area contributed by atoms with Crippen molar-refractivity contribution in [3.8, 4) is 0 Å². The molecule has 0 unspecified atom stereocenters. The SMILES string of the molecule is Cc1nc2ncnn2c(N2CCN(c3ccc(C(C)(C)C)nn3)CC2)c1C. The Morgan fingerprint density at radius 2 is 1.63 bits per heavy atom. The molecule has 142 valence electrons. The van der Waals surface area contributed by atoms with Gasteiger partial charge in [-0.1, -0.05) is 20.8 Å². The quantitative estimate of drug-likeness (QED) is 0.688. The highest BCUT2D eigenvalue weighted by Gasteiger charge is 2.24. The second kappa shape index (κ2) is 6.44. The van der Waals surface area contributed by atoms with E-state index in [1.54, 1.807) is 6.33 Å². The van der Waals surface area contributed by atoms with Crippen LogP contribution in [0.2, 0.25) is 0 Å². The molecule has 0 radical (unpaired) electrons.